The lowest BCUT2D eigenvalue weighted by molar-refractivity contribution is 0.0733. The van der Waals surface area contributed by atoms with E-state index in [9.17, 15) is 4.79 Å². The molecule has 37 heavy (non-hydrogen) atoms. The number of esters is 1. The van der Waals surface area contributed by atoms with Crippen LogP contribution >= 0.6 is 0 Å². The summed E-state index contributed by atoms with van der Waals surface area (Å²) in [5, 5.41) is 0. The summed E-state index contributed by atoms with van der Waals surface area (Å²) in [7, 11) is 0. The summed E-state index contributed by atoms with van der Waals surface area (Å²) in [4.78, 5) is 21.9. The predicted molar refractivity (Wildman–Crippen MR) is 151 cm³/mol. The van der Waals surface area contributed by atoms with Crippen LogP contribution in [0, 0.1) is 5.92 Å². The lowest BCUT2D eigenvalue weighted by Crippen LogP contribution is -2.10. The first-order valence-electron chi connectivity index (χ1n) is 13.0. The highest BCUT2D eigenvalue weighted by atomic mass is 16.5. The molecule has 0 aliphatic heterocycles. The highest BCUT2D eigenvalue weighted by Crippen LogP contribution is 2.27. The fraction of sp³-hybridized carbons (Fsp3) is 0.242. The Bertz CT molecular complexity index is 1340. The number of hydrogen-bond acceptors (Lipinski definition) is 4. The highest BCUT2D eigenvalue weighted by molar-refractivity contribution is 5.92. The molecule has 1 heterocycles. The van der Waals surface area contributed by atoms with Crippen molar-refractivity contribution >= 4 is 5.97 Å². The number of benzene rings is 3. The second kappa shape index (κ2) is 12.3. The number of carbonyl (C=O) groups is 1. The first kappa shape index (κ1) is 26.0. The van der Waals surface area contributed by atoms with E-state index >= 15 is 0 Å². The van der Waals surface area contributed by atoms with Gasteiger partial charge in [0.15, 0.2) is 5.82 Å². The molecule has 0 amide bonds. The lowest BCUT2D eigenvalue weighted by Gasteiger charge is -2.12. The van der Waals surface area contributed by atoms with Gasteiger partial charge in [0.05, 0.1) is 5.56 Å². The van der Waals surface area contributed by atoms with Gasteiger partial charge in [0.2, 0.25) is 0 Å². The van der Waals surface area contributed by atoms with Gasteiger partial charge in [0.1, 0.15) is 5.75 Å². The molecule has 188 valence electrons. The van der Waals surface area contributed by atoms with Crippen LogP contribution in [0.25, 0.3) is 22.5 Å². The minimum Gasteiger partial charge on any atom is -0.423 e. The monoisotopic (exact) mass is 490 g/mol. The molecule has 0 aliphatic rings. The summed E-state index contributed by atoms with van der Waals surface area (Å²) in [6.45, 7) is 10.4. The number of aromatic nitrogens is 2. The Morgan fingerprint density at radius 3 is 2.11 bits per heavy atom. The number of allylic oxidation sites excluding steroid dienone is 1. The van der Waals surface area contributed by atoms with Crippen molar-refractivity contribution in [3.05, 3.63) is 114 Å². The van der Waals surface area contributed by atoms with Crippen LogP contribution < -0.4 is 4.74 Å². The molecule has 0 fully saturated rings. The molecule has 4 aromatic rings. The number of hydrogen-bond donors (Lipinski definition) is 0. The molecule has 3 aromatic carbocycles. The van der Waals surface area contributed by atoms with Gasteiger partial charge in [-0.2, -0.15) is 0 Å². The third-order valence-electron chi connectivity index (χ3n) is 6.69. The molecule has 0 saturated carbocycles. The van der Waals surface area contributed by atoms with E-state index in [4.69, 9.17) is 4.74 Å². The molecule has 0 unspecified atom stereocenters. The number of carbonyl (C=O) groups excluding carboxylic acids is 1. The van der Waals surface area contributed by atoms with Crippen LogP contribution in [-0.4, -0.2) is 15.9 Å². The van der Waals surface area contributed by atoms with Gasteiger partial charge in [-0.3, -0.25) is 0 Å². The van der Waals surface area contributed by atoms with Gasteiger partial charge < -0.3 is 4.74 Å². The molecular formula is C33H34N2O2. The van der Waals surface area contributed by atoms with Crippen LogP contribution in [0.15, 0.2) is 91.8 Å². The molecule has 4 heteroatoms. The Morgan fingerprint density at radius 1 is 0.892 bits per heavy atom. The molecule has 1 aromatic heterocycles. The normalized spacial score (nSPS) is 11.6. The van der Waals surface area contributed by atoms with Crippen LogP contribution in [0.2, 0.25) is 0 Å². The summed E-state index contributed by atoms with van der Waals surface area (Å²) in [6, 6.07) is 21.9. The summed E-state index contributed by atoms with van der Waals surface area (Å²) in [5.74, 6) is 1.45. The summed E-state index contributed by atoms with van der Waals surface area (Å²) in [5.41, 5.74) is 6.87. The van der Waals surface area contributed by atoms with E-state index in [1.54, 1.807) is 12.1 Å². The first-order valence-corrected chi connectivity index (χ1v) is 13.0. The zero-order chi connectivity index (χ0) is 26.2. The summed E-state index contributed by atoms with van der Waals surface area (Å²) < 4.78 is 5.79. The van der Waals surface area contributed by atoms with Crippen molar-refractivity contribution in [1.82, 2.24) is 9.97 Å². The zero-order valence-corrected chi connectivity index (χ0v) is 21.9. The molecule has 0 bridgehead atoms. The average molecular weight is 491 g/mol. The Labute approximate surface area is 220 Å². The number of ether oxygens (including phenoxy) is 1. The maximum absolute atomic E-state index is 12.9. The van der Waals surface area contributed by atoms with Crippen molar-refractivity contribution in [3.8, 4) is 28.3 Å². The van der Waals surface area contributed by atoms with E-state index in [0.29, 0.717) is 29.5 Å². The van der Waals surface area contributed by atoms with Crippen molar-refractivity contribution in [3.63, 3.8) is 0 Å². The van der Waals surface area contributed by atoms with E-state index in [-0.39, 0.29) is 0 Å². The molecule has 0 N–H and O–H groups in total. The fourth-order valence-electron chi connectivity index (χ4n) is 4.16. The van der Waals surface area contributed by atoms with E-state index in [0.717, 1.165) is 40.7 Å². The van der Waals surface area contributed by atoms with Gasteiger partial charge in [0, 0.05) is 18.0 Å². The smallest absolute Gasteiger partial charge is 0.343 e. The Morgan fingerprint density at radius 2 is 1.51 bits per heavy atom. The summed E-state index contributed by atoms with van der Waals surface area (Å²) >= 11 is 0. The van der Waals surface area contributed by atoms with Crippen LogP contribution in [0.4, 0.5) is 0 Å². The standard InChI is InChI=1S/C33H34N2O2/c1-5-8-29-20-30(32-34-21-24(7-3)22-35-32)17-18-31(29)37-33(36)28-15-13-27(14-16-28)26-11-9-25(10-12-26)19-23(4)6-2/h5,9-18,20-23H,1,6-8,19H2,2-4H3/t23-/m0/s1. The number of rotatable bonds is 10. The molecule has 0 radical (unpaired) electrons. The number of aryl methyl sites for hydroxylation is 1. The van der Waals surface area contributed by atoms with Crippen molar-refractivity contribution in [1.29, 1.82) is 0 Å². The van der Waals surface area contributed by atoms with E-state index in [2.05, 4.69) is 61.6 Å². The predicted octanol–water partition coefficient (Wildman–Crippen LogP) is 7.91. The third kappa shape index (κ3) is 6.59. The van der Waals surface area contributed by atoms with Gasteiger partial charge >= 0.3 is 5.97 Å². The molecule has 0 spiro atoms. The second-order valence-corrected chi connectivity index (χ2v) is 9.47. The van der Waals surface area contributed by atoms with Crippen molar-refractivity contribution in [2.75, 3.05) is 0 Å². The first-order chi connectivity index (χ1) is 18.0. The SMILES string of the molecule is C=CCc1cc(-c2ncc(CC)cn2)ccc1OC(=O)c1ccc(-c2ccc(C[C@@H](C)CC)cc2)cc1. The van der Waals surface area contributed by atoms with Crippen LogP contribution in [0.3, 0.4) is 0 Å². The van der Waals surface area contributed by atoms with Gasteiger partial charge in [-0.05, 0) is 83.3 Å². The maximum Gasteiger partial charge on any atom is 0.343 e. The van der Waals surface area contributed by atoms with Crippen LogP contribution in [-0.2, 0) is 19.3 Å². The molecular weight excluding hydrogens is 456 g/mol. The van der Waals surface area contributed by atoms with Gasteiger partial charge in [0.25, 0.3) is 0 Å². The fourth-order valence-corrected chi connectivity index (χ4v) is 4.16. The Balaban J connectivity index is 1.47. The van der Waals surface area contributed by atoms with Crippen LogP contribution in [0.1, 0.15) is 54.2 Å². The minimum absolute atomic E-state index is 0.392. The topological polar surface area (TPSA) is 52.1 Å². The van der Waals surface area contributed by atoms with Gasteiger partial charge in [-0.25, -0.2) is 14.8 Å². The molecule has 1 atom stereocenters. The average Bonchev–Trinajstić information content (AvgIpc) is 2.94. The Kier molecular flexibility index (Phi) is 8.63. The third-order valence-corrected chi connectivity index (χ3v) is 6.69. The van der Waals surface area contributed by atoms with E-state index < -0.39 is 5.97 Å². The van der Waals surface area contributed by atoms with Gasteiger partial charge in [-0.15, -0.1) is 6.58 Å². The van der Waals surface area contributed by atoms with Crippen molar-refractivity contribution in [2.45, 2.75) is 46.5 Å². The molecule has 0 saturated heterocycles. The van der Waals surface area contributed by atoms with Crippen molar-refractivity contribution in [2.24, 2.45) is 5.92 Å². The van der Waals surface area contributed by atoms with Gasteiger partial charge in [-0.1, -0.05) is 69.7 Å². The van der Waals surface area contributed by atoms with E-state index in [1.807, 2.05) is 48.8 Å². The Hall–Kier alpha value is -4.05. The zero-order valence-electron chi connectivity index (χ0n) is 21.9. The maximum atomic E-state index is 12.9. The second-order valence-electron chi connectivity index (χ2n) is 9.47. The number of nitrogens with zero attached hydrogens (tertiary/aromatic N) is 2. The van der Waals surface area contributed by atoms with Crippen molar-refractivity contribution < 1.29 is 9.53 Å². The quantitative estimate of drug-likeness (QED) is 0.129. The highest BCUT2D eigenvalue weighted by Gasteiger charge is 2.14. The van der Waals surface area contributed by atoms with Crippen LogP contribution in [0.5, 0.6) is 5.75 Å². The van der Waals surface area contributed by atoms with E-state index in [1.165, 1.54) is 12.0 Å². The molecule has 4 rings (SSSR count). The largest absolute Gasteiger partial charge is 0.423 e. The molecule has 0 aliphatic carbocycles. The molecule has 4 nitrogen and oxygen atoms in total. The minimum atomic E-state index is -0.392. The lowest BCUT2D eigenvalue weighted by atomic mass is 9.96. The summed E-state index contributed by atoms with van der Waals surface area (Å²) in [6.07, 6.45) is 9.20.